The maximum Gasteiger partial charge on any atom is 0.164 e. The first kappa shape index (κ1) is 29.0. The number of nitrogens with zero attached hydrogens (tertiary/aromatic N) is 3. The van der Waals surface area contributed by atoms with Crippen LogP contribution in [0.4, 0.5) is 0 Å². The van der Waals surface area contributed by atoms with Gasteiger partial charge in [0.1, 0.15) is 11.2 Å². The molecular weight excluding hydrogens is 623 g/mol. The molecular formula is C47H29N3O. The van der Waals surface area contributed by atoms with Crippen LogP contribution in [0.5, 0.6) is 0 Å². The number of furan rings is 1. The summed E-state index contributed by atoms with van der Waals surface area (Å²) >= 11 is 0. The Kier molecular flexibility index (Phi) is 6.78. The molecule has 0 fully saturated rings. The van der Waals surface area contributed by atoms with E-state index >= 15 is 0 Å². The molecule has 2 aromatic heterocycles. The van der Waals surface area contributed by atoms with Crippen molar-refractivity contribution in [1.82, 2.24) is 15.0 Å². The second-order valence-corrected chi connectivity index (χ2v) is 12.8. The van der Waals surface area contributed by atoms with Gasteiger partial charge in [0.15, 0.2) is 17.5 Å². The quantitative estimate of drug-likeness (QED) is 0.186. The lowest BCUT2D eigenvalue weighted by Crippen LogP contribution is -2.00. The highest BCUT2D eigenvalue weighted by Crippen LogP contribution is 2.39. The average molecular weight is 652 g/mol. The highest BCUT2D eigenvalue weighted by atomic mass is 16.3. The number of aromatic nitrogens is 3. The van der Waals surface area contributed by atoms with Gasteiger partial charge >= 0.3 is 0 Å². The fourth-order valence-electron chi connectivity index (χ4n) is 7.29. The summed E-state index contributed by atoms with van der Waals surface area (Å²) in [6.45, 7) is 0. The smallest absolute Gasteiger partial charge is 0.164 e. The minimum Gasteiger partial charge on any atom is -0.456 e. The first-order valence-corrected chi connectivity index (χ1v) is 17.1. The topological polar surface area (TPSA) is 51.8 Å². The van der Waals surface area contributed by atoms with Crippen molar-refractivity contribution < 1.29 is 4.42 Å². The van der Waals surface area contributed by atoms with E-state index in [0.717, 1.165) is 44.0 Å². The zero-order valence-corrected chi connectivity index (χ0v) is 27.5. The zero-order chi connectivity index (χ0) is 33.7. The molecule has 2 heterocycles. The van der Waals surface area contributed by atoms with E-state index in [4.69, 9.17) is 19.4 Å². The van der Waals surface area contributed by atoms with Gasteiger partial charge in [-0.25, -0.2) is 15.0 Å². The summed E-state index contributed by atoms with van der Waals surface area (Å²) < 4.78 is 6.22. The summed E-state index contributed by atoms with van der Waals surface area (Å²) in [5.74, 6) is 1.85. The molecule has 0 aliphatic heterocycles. The van der Waals surface area contributed by atoms with Gasteiger partial charge in [-0.2, -0.15) is 0 Å². The summed E-state index contributed by atoms with van der Waals surface area (Å²) in [6, 6.07) is 61.2. The van der Waals surface area contributed by atoms with E-state index in [0.29, 0.717) is 17.5 Å². The van der Waals surface area contributed by atoms with Crippen molar-refractivity contribution in [1.29, 1.82) is 0 Å². The van der Waals surface area contributed by atoms with Crippen molar-refractivity contribution in [3.05, 3.63) is 176 Å². The van der Waals surface area contributed by atoms with Crippen molar-refractivity contribution in [2.75, 3.05) is 0 Å². The van der Waals surface area contributed by atoms with E-state index in [1.807, 2.05) is 60.7 Å². The lowest BCUT2D eigenvalue weighted by molar-refractivity contribution is 0.669. The van der Waals surface area contributed by atoms with Crippen LogP contribution < -0.4 is 0 Å². The van der Waals surface area contributed by atoms with Gasteiger partial charge in [-0.15, -0.1) is 0 Å². The minimum atomic E-state index is 0.607. The van der Waals surface area contributed by atoms with Crippen molar-refractivity contribution in [3.8, 4) is 56.4 Å². The second-order valence-electron chi connectivity index (χ2n) is 12.8. The monoisotopic (exact) mass is 651 g/mol. The molecule has 0 aliphatic rings. The van der Waals surface area contributed by atoms with Gasteiger partial charge in [0.25, 0.3) is 0 Å². The first-order chi connectivity index (χ1) is 25.3. The molecule has 0 bridgehead atoms. The molecule has 0 N–H and O–H groups in total. The molecule has 0 spiro atoms. The van der Waals surface area contributed by atoms with E-state index < -0.39 is 0 Å². The van der Waals surface area contributed by atoms with Gasteiger partial charge in [0, 0.05) is 27.5 Å². The van der Waals surface area contributed by atoms with Crippen molar-refractivity contribution >= 4 is 43.5 Å². The largest absolute Gasteiger partial charge is 0.456 e. The zero-order valence-electron chi connectivity index (χ0n) is 27.5. The molecule has 0 atom stereocenters. The molecule has 238 valence electrons. The predicted molar refractivity (Wildman–Crippen MR) is 209 cm³/mol. The van der Waals surface area contributed by atoms with Crippen LogP contribution in [0.1, 0.15) is 0 Å². The Morgan fingerprint density at radius 3 is 1.57 bits per heavy atom. The van der Waals surface area contributed by atoms with Gasteiger partial charge in [0.2, 0.25) is 0 Å². The Bertz CT molecular complexity index is 2910. The van der Waals surface area contributed by atoms with E-state index in [2.05, 4.69) is 115 Å². The van der Waals surface area contributed by atoms with Gasteiger partial charge in [-0.1, -0.05) is 152 Å². The minimum absolute atomic E-state index is 0.607. The van der Waals surface area contributed by atoms with E-state index in [1.54, 1.807) is 0 Å². The van der Waals surface area contributed by atoms with Gasteiger partial charge < -0.3 is 4.42 Å². The van der Waals surface area contributed by atoms with Gasteiger partial charge in [-0.05, 0) is 68.1 Å². The number of para-hydroxylation sites is 1. The Labute approximate surface area is 294 Å². The third-order valence-electron chi connectivity index (χ3n) is 9.73. The normalized spacial score (nSPS) is 11.5. The number of hydrogen-bond acceptors (Lipinski definition) is 4. The maximum atomic E-state index is 6.22. The third kappa shape index (κ3) is 5.04. The highest BCUT2D eigenvalue weighted by Gasteiger charge is 2.18. The number of benzene rings is 8. The SMILES string of the molecule is c1ccc(-c2ccc3c(-c4cccc5cc(-c6nc(-c7ccccc7)nc(-c7cccc8oc9ccccc9c78)n6)ccc45)cccc3c2)cc1. The van der Waals surface area contributed by atoms with Crippen molar-refractivity contribution in [3.63, 3.8) is 0 Å². The molecule has 4 nitrogen and oxygen atoms in total. The summed E-state index contributed by atoms with van der Waals surface area (Å²) in [6.07, 6.45) is 0. The molecule has 51 heavy (non-hydrogen) atoms. The average Bonchev–Trinajstić information content (AvgIpc) is 3.59. The Morgan fingerprint density at radius 2 is 0.843 bits per heavy atom. The van der Waals surface area contributed by atoms with Crippen LogP contribution in [0.15, 0.2) is 180 Å². The van der Waals surface area contributed by atoms with Gasteiger partial charge in [0.05, 0.1) is 0 Å². The van der Waals surface area contributed by atoms with Crippen molar-refractivity contribution in [2.45, 2.75) is 0 Å². The fraction of sp³-hybridized carbons (Fsp3) is 0. The first-order valence-electron chi connectivity index (χ1n) is 17.1. The standard InChI is InChI=1S/C47H29N3O/c1-3-12-30(13-4-1)32-24-26-36-33(28-32)16-9-19-38(36)39-20-10-17-34-29-35(25-27-37(34)39)46-48-45(31-14-5-2-6-15-31)49-47(50-46)41-21-11-23-43-44(41)40-18-7-8-22-42(40)51-43/h1-29H. The second kappa shape index (κ2) is 11.9. The van der Waals surface area contributed by atoms with Crippen LogP contribution in [0, 0.1) is 0 Å². The molecule has 0 amide bonds. The Hall–Kier alpha value is -6.91. The molecule has 0 aliphatic carbocycles. The molecule has 0 unspecified atom stereocenters. The number of fused-ring (bicyclic) bond motifs is 5. The molecule has 4 heteroatoms. The van der Waals surface area contributed by atoms with E-state index in [9.17, 15) is 0 Å². The van der Waals surface area contributed by atoms with Crippen LogP contribution in [-0.2, 0) is 0 Å². The van der Waals surface area contributed by atoms with Crippen LogP contribution in [0.25, 0.3) is 99.9 Å². The van der Waals surface area contributed by atoms with E-state index in [-0.39, 0.29) is 0 Å². The lowest BCUT2D eigenvalue weighted by Gasteiger charge is -2.13. The Morgan fingerprint density at radius 1 is 0.314 bits per heavy atom. The molecule has 8 aromatic carbocycles. The summed E-state index contributed by atoms with van der Waals surface area (Å²) in [5, 5.41) is 6.77. The maximum absolute atomic E-state index is 6.22. The summed E-state index contributed by atoms with van der Waals surface area (Å²) in [5.41, 5.74) is 9.24. The highest BCUT2D eigenvalue weighted by molar-refractivity contribution is 6.12. The van der Waals surface area contributed by atoms with Crippen LogP contribution in [-0.4, -0.2) is 15.0 Å². The molecule has 0 saturated heterocycles. The van der Waals surface area contributed by atoms with Crippen LogP contribution >= 0.6 is 0 Å². The summed E-state index contributed by atoms with van der Waals surface area (Å²) in [7, 11) is 0. The van der Waals surface area contributed by atoms with Crippen molar-refractivity contribution in [2.24, 2.45) is 0 Å². The van der Waals surface area contributed by atoms with Crippen LogP contribution in [0.3, 0.4) is 0 Å². The lowest BCUT2D eigenvalue weighted by atomic mass is 9.92. The predicted octanol–water partition coefficient (Wildman–Crippen LogP) is 12.4. The molecule has 0 radical (unpaired) electrons. The third-order valence-corrected chi connectivity index (χ3v) is 9.73. The van der Waals surface area contributed by atoms with E-state index in [1.165, 1.54) is 38.4 Å². The molecule has 10 aromatic rings. The Balaban J connectivity index is 1.12. The number of rotatable bonds is 5. The fourth-order valence-corrected chi connectivity index (χ4v) is 7.29. The molecule has 0 saturated carbocycles. The summed E-state index contributed by atoms with van der Waals surface area (Å²) in [4.78, 5) is 15.2. The number of hydrogen-bond donors (Lipinski definition) is 0. The van der Waals surface area contributed by atoms with Crippen LogP contribution in [0.2, 0.25) is 0 Å². The molecule has 10 rings (SSSR count). The van der Waals surface area contributed by atoms with Gasteiger partial charge in [-0.3, -0.25) is 0 Å².